The minimum absolute atomic E-state index is 0. The molecule has 1 fully saturated rings. The monoisotopic (exact) mass is 504 g/mol. The maximum atomic E-state index is 11.9. The largest absolute Gasteiger partial charge is 0.469 e. The molecule has 0 amide bonds. The molecule has 2 aromatic heterocycles. The van der Waals surface area contributed by atoms with Gasteiger partial charge >= 0.3 is 5.97 Å². The van der Waals surface area contributed by atoms with Crippen molar-refractivity contribution in [3.05, 3.63) is 29.5 Å². The second-order valence-electron chi connectivity index (χ2n) is 6.30. The lowest BCUT2D eigenvalue weighted by atomic mass is 9.99. The summed E-state index contributed by atoms with van der Waals surface area (Å²) in [6.45, 7) is 6.65. The Morgan fingerprint density at radius 3 is 3.00 bits per heavy atom. The molecular formula is C18H25IN4O3S. The highest BCUT2D eigenvalue weighted by molar-refractivity contribution is 14.0. The molecule has 0 bridgehead atoms. The van der Waals surface area contributed by atoms with Crippen LogP contribution >= 0.6 is 35.3 Å². The summed E-state index contributed by atoms with van der Waals surface area (Å²) in [5.74, 6) is 1.35. The lowest BCUT2D eigenvalue weighted by Gasteiger charge is -2.21. The van der Waals surface area contributed by atoms with Gasteiger partial charge in [0.2, 0.25) is 5.89 Å². The number of nitrogens with one attached hydrogen (secondary N) is 1. The zero-order chi connectivity index (χ0) is 18.5. The van der Waals surface area contributed by atoms with E-state index in [1.165, 1.54) is 7.11 Å². The van der Waals surface area contributed by atoms with Crippen LogP contribution in [0.2, 0.25) is 0 Å². The van der Waals surface area contributed by atoms with Gasteiger partial charge in [0.25, 0.3) is 0 Å². The number of ether oxygens (including phenoxy) is 1. The number of hydrogen-bond donors (Lipinski definition) is 1. The molecule has 9 heteroatoms. The Labute approximate surface area is 180 Å². The number of nitrogens with zero attached hydrogens (tertiary/aromatic N) is 3. The van der Waals surface area contributed by atoms with Crippen molar-refractivity contribution < 1.29 is 13.9 Å². The third-order valence-corrected chi connectivity index (χ3v) is 5.28. The van der Waals surface area contributed by atoms with E-state index >= 15 is 0 Å². The summed E-state index contributed by atoms with van der Waals surface area (Å²) in [7, 11) is 1.44. The standard InChI is InChI=1S/C18H24N4O3S.HI/c1-4-19-18(22-9-12(2)14(10-22)17(23)24-3)20-8-13-11-25-16(21-13)15-6-5-7-26-15;/h5-7,11-12,14H,4,8-10H2,1-3H3,(H,19,20);1H. The van der Waals surface area contributed by atoms with Gasteiger partial charge < -0.3 is 19.4 Å². The number of methoxy groups -OCH3 is 1. The van der Waals surface area contributed by atoms with Crippen molar-refractivity contribution in [2.75, 3.05) is 26.7 Å². The molecule has 2 atom stereocenters. The highest BCUT2D eigenvalue weighted by Gasteiger charge is 2.36. The van der Waals surface area contributed by atoms with Crippen molar-refractivity contribution in [1.82, 2.24) is 15.2 Å². The number of halogens is 1. The molecule has 1 N–H and O–H groups in total. The van der Waals surface area contributed by atoms with Gasteiger partial charge in [-0.3, -0.25) is 4.79 Å². The Bertz CT molecular complexity index is 763. The van der Waals surface area contributed by atoms with Gasteiger partial charge in [0, 0.05) is 19.6 Å². The summed E-state index contributed by atoms with van der Waals surface area (Å²) in [6.07, 6.45) is 1.64. The van der Waals surface area contributed by atoms with Gasteiger partial charge in [-0.15, -0.1) is 35.3 Å². The van der Waals surface area contributed by atoms with E-state index in [1.807, 2.05) is 24.4 Å². The minimum Gasteiger partial charge on any atom is -0.469 e. The normalized spacial score (nSPS) is 19.7. The van der Waals surface area contributed by atoms with Gasteiger partial charge in [-0.05, 0) is 24.3 Å². The summed E-state index contributed by atoms with van der Waals surface area (Å²) < 4.78 is 10.5. The van der Waals surface area contributed by atoms with Crippen LogP contribution in [0.1, 0.15) is 19.5 Å². The van der Waals surface area contributed by atoms with Gasteiger partial charge in [-0.1, -0.05) is 13.0 Å². The number of carbonyl (C=O) groups is 1. The van der Waals surface area contributed by atoms with Crippen LogP contribution < -0.4 is 5.32 Å². The first-order chi connectivity index (χ1) is 12.6. The first-order valence-corrected chi connectivity index (χ1v) is 9.59. The summed E-state index contributed by atoms with van der Waals surface area (Å²) in [4.78, 5) is 24.2. The quantitative estimate of drug-likeness (QED) is 0.292. The van der Waals surface area contributed by atoms with Crippen LogP contribution in [0.15, 0.2) is 33.2 Å². The molecule has 2 aromatic rings. The molecule has 2 unspecified atom stereocenters. The van der Waals surface area contributed by atoms with Crippen LogP contribution in [0.4, 0.5) is 0 Å². The molecule has 0 aliphatic carbocycles. The van der Waals surface area contributed by atoms with E-state index in [0.717, 1.165) is 29.6 Å². The highest BCUT2D eigenvalue weighted by atomic mass is 127. The van der Waals surface area contributed by atoms with Gasteiger partial charge in [-0.25, -0.2) is 9.98 Å². The van der Waals surface area contributed by atoms with Crippen molar-refractivity contribution in [2.45, 2.75) is 20.4 Å². The predicted molar refractivity (Wildman–Crippen MR) is 116 cm³/mol. The molecule has 3 heterocycles. The predicted octanol–water partition coefficient (Wildman–Crippen LogP) is 3.23. The number of aromatic nitrogens is 1. The average Bonchev–Trinajstić information content (AvgIpc) is 3.38. The van der Waals surface area contributed by atoms with E-state index in [4.69, 9.17) is 9.15 Å². The number of esters is 1. The maximum absolute atomic E-state index is 11.9. The van der Waals surface area contributed by atoms with E-state index in [2.05, 4.69) is 27.1 Å². The Morgan fingerprint density at radius 2 is 2.33 bits per heavy atom. The molecule has 0 aromatic carbocycles. The summed E-state index contributed by atoms with van der Waals surface area (Å²) in [6, 6.07) is 3.95. The molecule has 148 valence electrons. The fraction of sp³-hybridized carbons (Fsp3) is 0.500. The molecule has 1 aliphatic rings. The lowest BCUT2D eigenvalue weighted by Crippen LogP contribution is -2.40. The van der Waals surface area contributed by atoms with Crippen molar-refractivity contribution in [3.8, 4) is 10.8 Å². The van der Waals surface area contributed by atoms with E-state index < -0.39 is 0 Å². The maximum Gasteiger partial charge on any atom is 0.310 e. The van der Waals surface area contributed by atoms with Gasteiger partial charge in [0.15, 0.2) is 5.96 Å². The first-order valence-electron chi connectivity index (χ1n) is 8.71. The van der Waals surface area contributed by atoms with E-state index in [9.17, 15) is 4.79 Å². The molecule has 0 spiro atoms. The SMILES string of the molecule is CCNC(=NCc1coc(-c2cccs2)n1)N1CC(C)C(C(=O)OC)C1.I. The molecule has 0 saturated carbocycles. The lowest BCUT2D eigenvalue weighted by molar-refractivity contribution is -0.145. The minimum atomic E-state index is -0.159. The van der Waals surface area contributed by atoms with Crippen molar-refractivity contribution in [3.63, 3.8) is 0 Å². The van der Waals surface area contributed by atoms with Crippen molar-refractivity contribution in [2.24, 2.45) is 16.8 Å². The van der Waals surface area contributed by atoms with E-state index in [0.29, 0.717) is 19.0 Å². The van der Waals surface area contributed by atoms with E-state index in [1.54, 1.807) is 17.6 Å². The zero-order valence-corrected chi connectivity index (χ0v) is 18.8. The smallest absolute Gasteiger partial charge is 0.310 e. The van der Waals surface area contributed by atoms with Crippen LogP contribution in [0.25, 0.3) is 10.8 Å². The number of hydrogen-bond acceptors (Lipinski definition) is 6. The molecule has 1 saturated heterocycles. The third-order valence-electron chi connectivity index (χ3n) is 4.43. The Balaban J connectivity index is 0.00000261. The van der Waals surface area contributed by atoms with Gasteiger partial charge in [0.05, 0.1) is 24.4 Å². The van der Waals surface area contributed by atoms with Crippen LogP contribution in [0.5, 0.6) is 0 Å². The molecular weight excluding hydrogens is 479 g/mol. The fourth-order valence-corrected chi connectivity index (χ4v) is 3.73. The number of guanidine groups is 1. The Morgan fingerprint density at radius 1 is 1.52 bits per heavy atom. The number of carbonyl (C=O) groups excluding carboxylic acids is 1. The number of thiophene rings is 1. The topological polar surface area (TPSA) is 80.0 Å². The van der Waals surface area contributed by atoms with Crippen LogP contribution in [-0.4, -0.2) is 48.6 Å². The van der Waals surface area contributed by atoms with Crippen molar-refractivity contribution >= 4 is 47.2 Å². The Hall–Kier alpha value is -1.62. The van der Waals surface area contributed by atoms with Gasteiger partial charge in [-0.2, -0.15) is 0 Å². The summed E-state index contributed by atoms with van der Waals surface area (Å²) in [5.41, 5.74) is 0.778. The number of rotatable bonds is 5. The summed E-state index contributed by atoms with van der Waals surface area (Å²) >= 11 is 1.59. The van der Waals surface area contributed by atoms with Crippen LogP contribution in [-0.2, 0) is 16.1 Å². The molecule has 0 radical (unpaired) electrons. The molecule has 1 aliphatic heterocycles. The summed E-state index contributed by atoms with van der Waals surface area (Å²) in [5, 5.41) is 5.29. The molecule has 3 rings (SSSR count). The Kier molecular flexibility index (Phi) is 8.08. The van der Waals surface area contributed by atoms with Crippen LogP contribution in [0.3, 0.4) is 0 Å². The van der Waals surface area contributed by atoms with Gasteiger partial charge in [0.1, 0.15) is 12.0 Å². The number of oxazole rings is 1. The third kappa shape index (κ3) is 5.22. The average molecular weight is 504 g/mol. The number of aliphatic imine (C=N–C) groups is 1. The molecule has 7 nitrogen and oxygen atoms in total. The van der Waals surface area contributed by atoms with Crippen molar-refractivity contribution in [1.29, 1.82) is 0 Å². The highest BCUT2D eigenvalue weighted by Crippen LogP contribution is 2.25. The molecule has 27 heavy (non-hydrogen) atoms. The second-order valence-corrected chi connectivity index (χ2v) is 7.25. The zero-order valence-electron chi connectivity index (χ0n) is 15.7. The van der Waals surface area contributed by atoms with Crippen LogP contribution in [0, 0.1) is 11.8 Å². The number of likely N-dealkylation sites (tertiary alicyclic amines) is 1. The second kappa shape index (κ2) is 10.1. The van der Waals surface area contributed by atoms with E-state index in [-0.39, 0.29) is 41.8 Å². The first kappa shape index (κ1) is 21.7. The fourth-order valence-electron chi connectivity index (χ4n) is 3.07.